The Morgan fingerprint density at radius 1 is 1.07 bits per heavy atom. The highest BCUT2D eigenvalue weighted by Crippen LogP contribution is 2.42. The molecule has 3 heterocycles. The van der Waals surface area contributed by atoms with Crippen LogP contribution in [0.3, 0.4) is 0 Å². The van der Waals surface area contributed by atoms with Crippen molar-refractivity contribution >= 4 is 51.7 Å². The second-order valence-corrected chi connectivity index (χ2v) is 13.2. The summed E-state index contributed by atoms with van der Waals surface area (Å²) in [6, 6.07) is 15.3. The molecule has 0 bridgehead atoms. The summed E-state index contributed by atoms with van der Waals surface area (Å²) in [6.07, 6.45) is 0.386. The Labute approximate surface area is 257 Å². The number of carbonyl (C=O) groups excluding carboxylic acids is 1. The number of amides is 1. The van der Waals surface area contributed by atoms with E-state index in [1.807, 2.05) is 51.1 Å². The number of hydrogen-bond acceptors (Lipinski definition) is 7. The van der Waals surface area contributed by atoms with Crippen LogP contribution in [0.5, 0.6) is 0 Å². The summed E-state index contributed by atoms with van der Waals surface area (Å²) in [5, 5.41) is 11.3. The minimum Gasteiger partial charge on any atom is -0.444 e. The van der Waals surface area contributed by atoms with E-state index in [9.17, 15) is 9.90 Å². The van der Waals surface area contributed by atoms with Crippen LogP contribution in [-0.2, 0) is 24.3 Å². The summed E-state index contributed by atoms with van der Waals surface area (Å²) in [4.78, 5) is 25.1. The highest BCUT2D eigenvalue weighted by Gasteiger charge is 2.28. The van der Waals surface area contributed by atoms with Gasteiger partial charge in [0.25, 0.3) is 0 Å². The molecule has 1 N–H and O–H groups in total. The molecule has 10 heteroatoms. The van der Waals surface area contributed by atoms with Gasteiger partial charge in [-0.1, -0.05) is 53.5 Å². The number of halogens is 2. The maximum absolute atomic E-state index is 12.7. The Morgan fingerprint density at radius 3 is 2.52 bits per heavy atom. The van der Waals surface area contributed by atoms with Crippen molar-refractivity contribution in [1.29, 1.82) is 0 Å². The van der Waals surface area contributed by atoms with Gasteiger partial charge in [-0.3, -0.25) is 0 Å². The number of thiazole rings is 1. The molecule has 0 saturated carbocycles. The van der Waals surface area contributed by atoms with Crippen molar-refractivity contribution < 1.29 is 19.1 Å². The van der Waals surface area contributed by atoms with Gasteiger partial charge in [-0.05, 0) is 62.6 Å². The van der Waals surface area contributed by atoms with Crippen molar-refractivity contribution in [3.63, 3.8) is 0 Å². The highest BCUT2D eigenvalue weighted by molar-refractivity contribution is 7.15. The van der Waals surface area contributed by atoms with Crippen LogP contribution in [0, 0.1) is 6.92 Å². The summed E-state index contributed by atoms with van der Waals surface area (Å²) in [6.45, 7) is 8.61. The fourth-order valence-corrected chi connectivity index (χ4v) is 6.90. The lowest BCUT2D eigenvalue weighted by molar-refractivity contribution is 0.0225. The fourth-order valence-electron chi connectivity index (χ4n) is 5.11. The molecular weight excluding hydrogens is 593 g/mol. The van der Waals surface area contributed by atoms with E-state index in [2.05, 4.69) is 18.0 Å². The van der Waals surface area contributed by atoms with Crippen LogP contribution < -0.4 is 0 Å². The number of hydrogen-bond donors (Lipinski definition) is 1. The zero-order valence-electron chi connectivity index (χ0n) is 23.6. The van der Waals surface area contributed by atoms with E-state index in [0.717, 1.165) is 37.8 Å². The van der Waals surface area contributed by atoms with Gasteiger partial charge < -0.3 is 19.2 Å². The first-order chi connectivity index (χ1) is 20.0. The van der Waals surface area contributed by atoms with E-state index < -0.39 is 5.60 Å². The third kappa shape index (κ3) is 5.40. The van der Waals surface area contributed by atoms with Gasteiger partial charge in [-0.2, -0.15) is 0 Å². The predicted octanol–water partition coefficient (Wildman–Crippen LogP) is 8.69. The van der Waals surface area contributed by atoms with Crippen LogP contribution in [-0.4, -0.2) is 38.2 Å². The number of rotatable bonds is 4. The summed E-state index contributed by atoms with van der Waals surface area (Å²) >= 11 is 15.0. The van der Waals surface area contributed by atoms with Crippen LogP contribution in [0.2, 0.25) is 10.0 Å². The standard InChI is InChI=1S/C32H29Cl2N3O4S/c1-17-19(21-9-6-10-22(27(21)34)29-35-25-14-18(16-38)13-23(33)28(25)40-29)7-5-8-20(17)30-36-24-11-12-37(15-26(24)42-30)31(39)41-32(2,3)4/h5-10,13-14,38H,11-12,15-16H2,1-4H3. The molecule has 0 unspecified atom stereocenters. The van der Waals surface area contributed by atoms with E-state index in [0.29, 0.717) is 57.7 Å². The Morgan fingerprint density at radius 2 is 1.79 bits per heavy atom. The summed E-state index contributed by atoms with van der Waals surface area (Å²) in [5.74, 6) is 0.352. The molecule has 2 aromatic heterocycles. The van der Waals surface area contributed by atoms with E-state index >= 15 is 0 Å². The molecule has 0 aliphatic carbocycles. The molecule has 3 aromatic carbocycles. The molecule has 6 rings (SSSR count). The molecule has 0 radical (unpaired) electrons. The van der Waals surface area contributed by atoms with Crippen LogP contribution in [0.4, 0.5) is 4.79 Å². The Bertz CT molecular complexity index is 1840. The SMILES string of the molecule is Cc1c(-c2nc3c(s2)CN(C(=O)OC(C)(C)C)CC3)cccc1-c1cccc(-c2nc3cc(CO)cc(Cl)c3o2)c1Cl. The molecule has 0 saturated heterocycles. The number of ether oxygens (including phenoxy) is 1. The second-order valence-electron chi connectivity index (χ2n) is 11.3. The number of aliphatic hydroxyl groups is 1. The van der Waals surface area contributed by atoms with Gasteiger partial charge in [-0.15, -0.1) is 11.3 Å². The average Bonchev–Trinajstić information content (AvgIpc) is 3.57. The number of carbonyl (C=O) groups is 1. The molecule has 1 aliphatic heterocycles. The number of aromatic nitrogens is 2. The fraction of sp³-hybridized carbons (Fsp3) is 0.281. The third-order valence-electron chi connectivity index (χ3n) is 7.15. The first-order valence-electron chi connectivity index (χ1n) is 13.6. The predicted molar refractivity (Wildman–Crippen MR) is 167 cm³/mol. The minimum absolute atomic E-state index is 0.145. The number of nitrogens with zero attached hydrogens (tertiary/aromatic N) is 3. The molecule has 0 atom stereocenters. The summed E-state index contributed by atoms with van der Waals surface area (Å²) in [7, 11) is 0. The Balaban J connectivity index is 1.33. The van der Waals surface area contributed by atoms with Crippen LogP contribution >= 0.6 is 34.5 Å². The number of aliphatic hydroxyl groups excluding tert-OH is 1. The van der Waals surface area contributed by atoms with E-state index in [1.165, 1.54) is 0 Å². The van der Waals surface area contributed by atoms with Crippen LogP contribution in [0.15, 0.2) is 52.9 Å². The maximum atomic E-state index is 12.7. The zero-order valence-corrected chi connectivity index (χ0v) is 26.0. The molecule has 1 aliphatic rings. The van der Waals surface area contributed by atoms with Crippen molar-refractivity contribution in [2.45, 2.75) is 52.9 Å². The van der Waals surface area contributed by atoms with E-state index in [4.69, 9.17) is 37.3 Å². The molecule has 5 aromatic rings. The van der Waals surface area contributed by atoms with Gasteiger partial charge in [0, 0.05) is 29.0 Å². The number of oxazole rings is 1. The maximum Gasteiger partial charge on any atom is 0.410 e. The van der Waals surface area contributed by atoms with Crippen molar-refractivity contribution in [2.75, 3.05) is 6.54 Å². The molecule has 1 amide bonds. The third-order valence-corrected chi connectivity index (χ3v) is 8.96. The van der Waals surface area contributed by atoms with Crippen molar-refractivity contribution in [1.82, 2.24) is 14.9 Å². The van der Waals surface area contributed by atoms with Gasteiger partial charge in [0.05, 0.1) is 34.5 Å². The monoisotopic (exact) mass is 621 g/mol. The van der Waals surface area contributed by atoms with Gasteiger partial charge >= 0.3 is 6.09 Å². The number of fused-ring (bicyclic) bond motifs is 2. The quantitative estimate of drug-likeness (QED) is 0.216. The van der Waals surface area contributed by atoms with Crippen molar-refractivity contribution in [3.05, 3.63) is 80.3 Å². The normalized spacial score (nSPS) is 13.5. The average molecular weight is 623 g/mol. The highest BCUT2D eigenvalue weighted by atomic mass is 35.5. The molecular formula is C32H29Cl2N3O4S. The lowest BCUT2D eigenvalue weighted by Crippen LogP contribution is -2.39. The van der Waals surface area contributed by atoms with Crippen LogP contribution in [0.25, 0.3) is 44.3 Å². The molecule has 7 nitrogen and oxygen atoms in total. The lowest BCUT2D eigenvalue weighted by Gasteiger charge is -2.29. The van der Waals surface area contributed by atoms with Crippen LogP contribution in [0.1, 0.15) is 42.5 Å². The Kier molecular flexibility index (Phi) is 7.51. The minimum atomic E-state index is -0.538. The topological polar surface area (TPSA) is 88.7 Å². The first kappa shape index (κ1) is 28.7. The van der Waals surface area contributed by atoms with Gasteiger partial charge in [0.1, 0.15) is 16.1 Å². The second kappa shape index (κ2) is 11.0. The van der Waals surface area contributed by atoms with E-state index in [-0.39, 0.29) is 12.7 Å². The summed E-state index contributed by atoms with van der Waals surface area (Å²) in [5.41, 5.74) is 6.66. The molecule has 0 fully saturated rings. The largest absolute Gasteiger partial charge is 0.444 e. The molecule has 0 spiro atoms. The summed E-state index contributed by atoms with van der Waals surface area (Å²) < 4.78 is 11.6. The van der Waals surface area contributed by atoms with Crippen molar-refractivity contribution in [2.24, 2.45) is 0 Å². The van der Waals surface area contributed by atoms with E-state index in [1.54, 1.807) is 28.4 Å². The smallest absolute Gasteiger partial charge is 0.410 e. The van der Waals surface area contributed by atoms with Gasteiger partial charge in [0.15, 0.2) is 5.58 Å². The van der Waals surface area contributed by atoms with Gasteiger partial charge in [-0.25, -0.2) is 14.8 Å². The molecule has 42 heavy (non-hydrogen) atoms. The zero-order chi connectivity index (χ0) is 29.8. The first-order valence-corrected chi connectivity index (χ1v) is 15.1. The lowest BCUT2D eigenvalue weighted by atomic mass is 9.95. The Hall–Kier alpha value is -3.43. The van der Waals surface area contributed by atoms with Crippen molar-refractivity contribution in [3.8, 4) is 33.2 Å². The van der Waals surface area contributed by atoms with Gasteiger partial charge in [0.2, 0.25) is 5.89 Å². The molecule has 216 valence electrons. The number of benzene rings is 3.